The van der Waals surface area contributed by atoms with Gasteiger partial charge in [-0.2, -0.15) is 5.26 Å². The zero-order valence-electron chi connectivity index (χ0n) is 21.6. The second-order valence-electron chi connectivity index (χ2n) is 10.2. The van der Waals surface area contributed by atoms with E-state index in [9.17, 15) is 14.9 Å². The predicted octanol–water partition coefficient (Wildman–Crippen LogP) is 6.52. The summed E-state index contributed by atoms with van der Waals surface area (Å²) in [5, 5.41) is 23.2. The first kappa shape index (κ1) is 28.2. The maximum absolute atomic E-state index is 13.6. The molecule has 3 N–H and O–H groups in total. The maximum Gasteiger partial charge on any atom is 0.234 e. The summed E-state index contributed by atoms with van der Waals surface area (Å²) >= 11 is 14.7. The Morgan fingerprint density at radius 3 is 2.65 bits per heavy atom. The molecule has 1 unspecified atom stereocenters. The van der Waals surface area contributed by atoms with Gasteiger partial charge in [-0.1, -0.05) is 72.3 Å². The number of Topliss-reactive ketones (excluding diaryl/α,β-unsaturated/α-hetero) is 1. The van der Waals surface area contributed by atoms with Gasteiger partial charge in [0.1, 0.15) is 5.82 Å². The number of carbonyl (C=O) groups is 2. The van der Waals surface area contributed by atoms with Gasteiger partial charge in [-0.05, 0) is 53.8 Å². The Balaban J connectivity index is 1.46. The number of ketones is 1. The average molecular weight is 612 g/mol. The molecule has 0 spiro atoms. The highest BCUT2D eigenvalue weighted by Gasteiger charge is 2.45. The normalized spacial score (nSPS) is 18.4. The number of nitriles is 1. The fourth-order valence-electron chi connectivity index (χ4n) is 4.96. The first-order chi connectivity index (χ1) is 19.1. The van der Waals surface area contributed by atoms with Crippen LogP contribution in [0.4, 0.5) is 10.8 Å². The lowest BCUT2D eigenvalue weighted by atomic mass is 9.69. The van der Waals surface area contributed by atoms with Gasteiger partial charge in [0.15, 0.2) is 10.1 Å². The van der Waals surface area contributed by atoms with Crippen LogP contribution in [0.1, 0.15) is 38.2 Å². The Bertz CT molecular complexity index is 1610. The molecule has 2 aromatic carbocycles. The van der Waals surface area contributed by atoms with Crippen molar-refractivity contribution in [2.75, 3.05) is 16.0 Å². The minimum Gasteiger partial charge on any atom is -0.384 e. The second-order valence-corrected chi connectivity index (χ2v) is 13.3. The Morgan fingerprint density at radius 1 is 1.20 bits per heavy atom. The van der Waals surface area contributed by atoms with Crippen LogP contribution < -0.4 is 16.0 Å². The van der Waals surface area contributed by atoms with Gasteiger partial charge in [0.25, 0.3) is 0 Å². The minimum atomic E-state index is -0.628. The monoisotopic (exact) mass is 610 g/mol. The molecule has 5 rings (SSSR count). The van der Waals surface area contributed by atoms with Crippen LogP contribution in [0.3, 0.4) is 0 Å². The molecule has 1 aliphatic carbocycles. The number of nitrogens with zero attached hydrogens (tertiary/aromatic N) is 4. The van der Waals surface area contributed by atoms with E-state index < -0.39 is 5.92 Å². The smallest absolute Gasteiger partial charge is 0.234 e. The summed E-state index contributed by atoms with van der Waals surface area (Å²) in [6.45, 7) is 4.06. The van der Waals surface area contributed by atoms with E-state index in [1.54, 1.807) is 47.4 Å². The molecule has 0 bridgehead atoms. The highest BCUT2D eigenvalue weighted by Crippen LogP contribution is 2.50. The highest BCUT2D eigenvalue weighted by molar-refractivity contribution is 8.01. The summed E-state index contributed by atoms with van der Waals surface area (Å²) in [5.74, 6) is -0.564. The number of nitrogens with two attached hydrogens (primary N) is 1. The minimum absolute atomic E-state index is 0.0422. The SMILES string of the molecule is CC1(C)CC(=O)C2=C(C1)N(c1nnc(SCC(=O)Nc3ccc(Cl)cc3)s1)C(N)=C(C#N)C2c1cccc(Cl)c1. The Hall–Kier alpha value is -3.36. The summed E-state index contributed by atoms with van der Waals surface area (Å²) in [6.07, 6.45) is 0.894. The number of benzene rings is 2. The Morgan fingerprint density at radius 2 is 1.95 bits per heavy atom. The van der Waals surface area contributed by atoms with E-state index in [4.69, 9.17) is 28.9 Å². The van der Waals surface area contributed by atoms with E-state index in [0.717, 1.165) is 5.56 Å². The van der Waals surface area contributed by atoms with E-state index in [1.807, 2.05) is 19.9 Å². The maximum atomic E-state index is 13.6. The number of amides is 1. The van der Waals surface area contributed by atoms with Crippen LogP contribution in [0.15, 0.2) is 75.5 Å². The number of thioether (sulfide) groups is 1. The molecule has 2 aliphatic rings. The van der Waals surface area contributed by atoms with Crippen molar-refractivity contribution in [1.29, 1.82) is 5.26 Å². The van der Waals surface area contributed by atoms with Crippen molar-refractivity contribution in [2.24, 2.45) is 11.1 Å². The molecule has 204 valence electrons. The second kappa shape index (κ2) is 11.3. The fraction of sp³-hybridized carbons (Fsp3) is 0.250. The van der Waals surface area contributed by atoms with Gasteiger partial charge < -0.3 is 11.1 Å². The third-order valence-corrected chi connectivity index (χ3v) is 9.13. The van der Waals surface area contributed by atoms with Crippen LogP contribution in [-0.2, 0) is 9.59 Å². The third kappa shape index (κ3) is 5.74. The molecular formula is C28H24Cl2N6O2S2. The van der Waals surface area contributed by atoms with Crippen LogP contribution in [0.25, 0.3) is 0 Å². The molecule has 2 heterocycles. The molecule has 1 atom stereocenters. The van der Waals surface area contributed by atoms with Crippen LogP contribution in [0.2, 0.25) is 10.0 Å². The molecule has 1 aromatic heterocycles. The average Bonchev–Trinajstić information content (AvgIpc) is 3.36. The number of carbonyl (C=O) groups excluding carboxylic acids is 2. The Labute approximate surface area is 249 Å². The van der Waals surface area contributed by atoms with Gasteiger partial charge >= 0.3 is 0 Å². The van der Waals surface area contributed by atoms with Crippen molar-refractivity contribution in [2.45, 2.75) is 36.9 Å². The fourth-order valence-corrected chi connectivity index (χ4v) is 6.96. The number of hydrogen-bond donors (Lipinski definition) is 2. The van der Waals surface area contributed by atoms with E-state index in [0.29, 0.717) is 49.3 Å². The van der Waals surface area contributed by atoms with Crippen LogP contribution in [0, 0.1) is 16.7 Å². The zero-order chi connectivity index (χ0) is 28.6. The van der Waals surface area contributed by atoms with E-state index >= 15 is 0 Å². The summed E-state index contributed by atoms with van der Waals surface area (Å²) in [6, 6.07) is 16.2. The number of anilines is 2. The van der Waals surface area contributed by atoms with Crippen molar-refractivity contribution in [3.05, 3.63) is 86.8 Å². The highest BCUT2D eigenvalue weighted by atomic mass is 35.5. The van der Waals surface area contributed by atoms with Crippen LogP contribution in [-0.4, -0.2) is 27.6 Å². The van der Waals surface area contributed by atoms with Gasteiger partial charge in [-0.25, -0.2) is 0 Å². The van der Waals surface area contributed by atoms with E-state index in [1.165, 1.54) is 23.1 Å². The standard InChI is InChI=1S/C28H24Cl2N6O2S2/c1-28(2)11-20-24(21(37)12-28)23(15-4-3-5-17(30)10-15)19(13-31)25(32)36(20)26-34-35-27(40-26)39-14-22(38)33-18-8-6-16(29)7-9-18/h3-10,23H,11-12,14,32H2,1-2H3,(H,33,38). The number of allylic oxidation sites excluding steroid dienone is 3. The lowest BCUT2D eigenvalue weighted by molar-refractivity contribution is -0.118. The molecule has 40 heavy (non-hydrogen) atoms. The predicted molar refractivity (Wildman–Crippen MR) is 159 cm³/mol. The lowest BCUT2D eigenvalue weighted by Gasteiger charge is -2.42. The summed E-state index contributed by atoms with van der Waals surface area (Å²) < 4.78 is 0.549. The molecule has 1 aliphatic heterocycles. The van der Waals surface area contributed by atoms with Gasteiger partial charge in [-0.15, -0.1) is 10.2 Å². The molecule has 3 aromatic rings. The Kier molecular flexibility index (Phi) is 7.93. The molecule has 0 saturated heterocycles. The molecule has 12 heteroatoms. The van der Waals surface area contributed by atoms with Gasteiger partial charge in [0.2, 0.25) is 11.0 Å². The quantitative estimate of drug-likeness (QED) is 0.302. The van der Waals surface area contributed by atoms with Gasteiger partial charge in [-0.3, -0.25) is 14.5 Å². The number of hydrogen-bond acceptors (Lipinski definition) is 9. The van der Waals surface area contributed by atoms with Crippen molar-refractivity contribution < 1.29 is 9.59 Å². The van der Waals surface area contributed by atoms with E-state index in [2.05, 4.69) is 21.6 Å². The summed E-state index contributed by atoms with van der Waals surface area (Å²) in [5.41, 5.74) is 9.20. The van der Waals surface area contributed by atoms with Crippen LogP contribution in [0.5, 0.6) is 0 Å². The molecule has 0 fully saturated rings. The van der Waals surface area contributed by atoms with Crippen molar-refractivity contribution >= 4 is 68.8 Å². The van der Waals surface area contributed by atoms with Crippen molar-refractivity contribution in [3.8, 4) is 6.07 Å². The summed E-state index contributed by atoms with van der Waals surface area (Å²) in [4.78, 5) is 27.8. The third-order valence-electron chi connectivity index (χ3n) is 6.60. The lowest BCUT2D eigenvalue weighted by Crippen LogP contribution is -2.42. The number of halogens is 2. The van der Waals surface area contributed by atoms with Crippen molar-refractivity contribution in [3.63, 3.8) is 0 Å². The van der Waals surface area contributed by atoms with Gasteiger partial charge in [0, 0.05) is 33.4 Å². The number of nitrogens with one attached hydrogen (secondary N) is 1. The molecular weight excluding hydrogens is 587 g/mol. The topological polar surface area (TPSA) is 125 Å². The number of rotatable bonds is 6. The zero-order valence-corrected chi connectivity index (χ0v) is 24.7. The molecule has 0 saturated carbocycles. The molecule has 8 nitrogen and oxygen atoms in total. The van der Waals surface area contributed by atoms with E-state index in [-0.39, 0.29) is 34.3 Å². The number of aromatic nitrogens is 2. The van der Waals surface area contributed by atoms with Crippen LogP contribution >= 0.6 is 46.3 Å². The first-order valence-corrected chi connectivity index (χ1v) is 14.9. The summed E-state index contributed by atoms with van der Waals surface area (Å²) in [7, 11) is 0. The largest absolute Gasteiger partial charge is 0.384 e. The molecule has 1 amide bonds. The molecule has 0 radical (unpaired) electrons. The van der Waals surface area contributed by atoms with Gasteiger partial charge in [0.05, 0.1) is 23.3 Å². The van der Waals surface area contributed by atoms with Crippen molar-refractivity contribution in [1.82, 2.24) is 10.2 Å². The first-order valence-electron chi connectivity index (χ1n) is 12.3.